The maximum Gasteiger partial charge on any atom is 0.309 e. The summed E-state index contributed by atoms with van der Waals surface area (Å²) >= 11 is 0. The van der Waals surface area contributed by atoms with Crippen molar-refractivity contribution in [3.05, 3.63) is 0 Å². The summed E-state index contributed by atoms with van der Waals surface area (Å²) in [5.74, 6) is 1.09. The fraction of sp³-hybridized carbons (Fsp3) is 0.875. The predicted octanol–water partition coefficient (Wildman–Crippen LogP) is 2.94. The fourth-order valence-electron chi connectivity index (χ4n) is 3.22. The van der Waals surface area contributed by atoms with Gasteiger partial charge in [-0.25, -0.2) is 0 Å². The highest BCUT2D eigenvalue weighted by Crippen LogP contribution is 2.33. The number of hydrogen-bond acceptors (Lipinski definition) is 4. The van der Waals surface area contributed by atoms with Gasteiger partial charge < -0.3 is 9.47 Å². The van der Waals surface area contributed by atoms with Crippen LogP contribution in [-0.2, 0) is 19.1 Å². The van der Waals surface area contributed by atoms with E-state index < -0.39 is 0 Å². The molecule has 0 aromatic rings. The van der Waals surface area contributed by atoms with Crippen LogP contribution in [0.1, 0.15) is 52.9 Å². The number of cyclic esters (lactones) is 2. The highest BCUT2D eigenvalue weighted by atomic mass is 16.5. The number of carbonyl (C=O) groups is 2. The third-order valence-electron chi connectivity index (χ3n) is 4.78. The van der Waals surface area contributed by atoms with Crippen LogP contribution in [0.3, 0.4) is 0 Å². The Bertz CT molecular complexity index is 353. The molecule has 2 rings (SSSR count). The first-order valence-electron chi connectivity index (χ1n) is 7.83. The van der Waals surface area contributed by atoms with E-state index in [0.717, 1.165) is 25.7 Å². The van der Waals surface area contributed by atoms with Gasteiger partial charge in [0.1, 0.15) is 6.10 Å². The normalized spacial score (nSPS) is 32.7. The molecular weight excluding hydrogens is 256 g/mol. The minimum absolute atomic E-state index is 0.0256. The zero-order valence-corrected chi connectivity index (χ0v) is 12.8. The lowest BCUT2D eigenvalue weighted by Gasteiger charge is -2.34. The van der Waals surface area contributed by atoms with Gasteiger partial charge in [-0.05, 0) is 43.4 Å². The molecule has 0 saturated carbocycles. The summed E-state index contributed by atoms with van der Waals surface area (Å²) in [4.78, 5) is 23.1. The van der Waals surface area contributed by atoms with Crippen molar-refractivity contribution in [1.29, 1.82) is 0 Å². The molecule has 0 spiro atoms. The molecule has 0 bridgehead atoms. The quantitative estimate of drug-likeness (QED) is 0.744. The molecule has 4 nitrogen and oxygen atoms in total. The van der Waals surface area contributed by atoms with Gasteiger partial charge in [-0.1, -0.05) is 20.8 Å². The highest BCUT2D eigenvalue weighted by molar-refractivity contribution is 5.73. The summed E-state index contributed by atoms with van der Waals surface area (Å²) in [5, 5.41) is 0. The molecule has 4 atom stereocenters. The molecule has 0 N–H and O–H groups in total. The Hall–Kier alpha value is -1.06. The van der Waals surface area contributed by atoms with Crippen LogP contribution < -0.4 is 0 Å². The van der Waals surface area contributed by atoms with E-state index in [-0.39, 0.29) is 24.0 Å². The van der Waals surface area contributed by atoms with Gasteiger partial charge in [-0.3, -0.25) is 9.59 Å². The van der Waals surface area contributed by atoms with Gasteiger partial charge >= 0.3 is 11.9 Å². The number of rotatable bonds is 4. The van der Waals surface area contributed by atoms with Crippen LogP contribution in [0, 0.1) is 23.7 Å². The van der Waals surface area contributed by atoms with Crippen molar-refractivity contribution in [3.63, 3.8) is 0 Å². The van der Waals surface area contributed by atoms with E-state index in [1.54, 1.807) is 0 Å². The molecule has 2 heterocycles. The Kier molecular flexibility index (Phi) is 5.06. The first-order valence-corrected chi connectivity index (χ1v) is 7.83. The molecule has 2 fully saturated rings. The van der Waals surface area contributed by atoms with Crippen molar-refractivity contribution in [2.24, 2.45) is 23.7 Å². The van der Waals surface area contributed by atoms with Crippen molar-refractivity contribution >= 4 is 11.9 Å². The van der Waals surface area contributed by atoms with Crippen molar-refractivity contribution in [2.45, 2.75) is 59.0 Å². The summed E-state index contributed by atoms with van der Waals surface area (Å²) in [6.07, 6.45) is 4.24. The van der Waals surface area contributed by atoms with Crippen molar-refractivity contribution in [3.8, 4) is 0 Å². The van der Waals surface area contributed by atoms with Crippen LogP contribution in [0.5, 0.6) is 0 Å². The zero-order valence-electron chi connectivity index (χ0n) is 12.8. The second-order valence-electron chi connectivity index (χ2n) is 6.69. The van der Waals surface area contributed by atoms with Gasteiger partial charge in [0.05, 0.1) is 12.5 Å². The Morgan fingerprint density at radius 2 is 1.90 bits per heavy atom. The van der Waals surface area contributed by atoms with Crippen LogP contribution in [0.2, 0.25) is 0 Å². The summed E-state index contributed by atoms with van der Waals surface area (Å²) in [6.45, 7) is 6.86. The summed E-state index contributed by atoms with van der Waals surface area (Å²) < 4.78 is 10.7. The third kappa shape index (κ3) is 3.74. The largest absolute Gasteiger partial charge is 0.465 e. The molecule has 0 aromatic carbocycles. The molecule has 0 amide bonds. The molecule has 0 radical (unpaired) electrons. The van der Waals surface area contributed by atoms with Gasteiger partial charge in [0.25, 0.3) is 0 Å². The highest BCUT2D eigenvalue weighted by Gasteiger charge is 2.34. The summed E-state index contributed by atoms with van der Waals surface area (Å²) in [6, 6.07) is 0. The average molecular weight is 282 g/mol. The van der Waals surface area contributed by atoms with Crippen molar-refractivity contribution < 1.29 is 19.1 Å². The van der Waals surface area contributed by atoms with Gasteiger partial charge in [0.2, 0.25) is 0 Å². The minimum Gasteiger partial charge on any atom is -0.465 e. The van der Waals surface area contributed by atoms with Gasteiger partial charge in [-0.2, -0.15) is 0 Å². The monoisotopic (exact) mass is 282 g/mol. The first kappa shape index (κ1) is 15.3. The van der Waals surface area contributed by atoms with E-state index in [1.165, 1.54) is 0 Å². The number of esters is 2. The van der Waals surface area contributed by atoms with Crippen LogP contribution in [0.4, 0.5) is 0 Å². The molecule has 0 aromatic heterocycles. The topological polar surface area (TPSA) is 52.6 Å². The molecule has 2 aliphatic heterocycles. The SMILES string of the molecule is CC(C)C1CCC(CC(C)C2CCC(=O)OC2)C(=O)O1. The summed E-state index contributed by atoms with van der Waals surface area (Å²) in [5.41, 5.74) is 0. The molecule has 2 aliphatic rings. The third-order valence-corrected chi connectivity index (χ3v) is 4.78. The average Bonchev–Trinajstić information content (AvgIpc) is 2.41. The lowest BCUT2D eigenvalue weighted by molar-refractivity contribution is -0.165. The van der Waals surface area contributed by atoms with Crippen LogP contribution in [-0.4, -0.2) is 24.6 Å². The molecule has 114 valence electrons. The number of ether oxygens (including phenoxy) is 2. The van der Waals surface area contributed by atoms with E-state index in [9.17, 15) is 9.59 Å². The van der Waals surface area contributed by atoms with E-state index >= 15 is 0 Å². The van der Waals surface area contributed by atoms with Crippen molar-refractivity contribution in [1.82, 2.24) is 0 Å². The molecule has 4 heteroatoms. The summed E-state index contributed by atoms with van der Waals surface area (Å²) in [7, 11) is 0. The molecule has 2 saturated heterocycles. The van der Waals surface area contributed by atoms with Crippen molar-refractivity contribution in [2.75, 3.05) is 6.61 Å². The van der Waals surface area contributed by atoms with Gasteiger partial charge in [-0.15, -0.1) is 0 Å². The zero-order chi connectivity index (χ0) is 14.7. The maximum absolute atomic E-state index is 12.1. The Morgan fingerprint density at radius 3 is 2.45 bits per heavy atom. The minimum atomic E-state index is -0.0923. The Labute approximate surface area is 121 Å². The maximum atomic E-state index is 12.1. The fourth-order valence-corrected chi connectivity index (χ4v) is 3.22. The Balaban J connectivity index is 1.81. The number of carbonyl (C=O) groups excluding carboxylic acids is 2. The van der Waals surface area contributed by atoms with Gasteiger partial charge in [0, 0.05) is 6.42 Å². The molecule has 20 heavy (non-hydrogen) atoms. The lowest BCUT2D eigenvalue weighted by Crippen LogP contribution is -2.36. The van der Waals surface area contributed by atoms with E-state index in [2.05, 4.69) is 20.8 Å². The number of hydrogen-bond donors (Lipinski definition) is 0. The van der Waals surface area contributed by atoms with E-state index in [0.29, 0.717) is 30.8 Å². The second-order valence-corrected chi connectivity index (χ2v) is 6.69. The van der Waals surface area contributed by atoms with E-state index in [4.69, 9.17) is 9.47 Å². The van der Waals surface area contributed by atoms with Crippen LogP contribution in [0.15, 0.2) is 0 Å². The Morgan fingerprint density at radius 1 is 1.15 bits per heavy atom. The molecule has 4 unspecified atom stereocenters. The smallest absolute Gasteiger partial charge is 0.309 e. The molecular formula is C16H26O4. The van der Waals surface area contributed by atoms with Crippen LogP contribution >= 0.6 is 0 Å². The van der Waals surface area contributed by atoms with Gasteiger partial charge in [0.15, 0.2) is 0 Å². The predicted molar refractivity (Wildman–Crippen MR) is 74.9 cm³/mol. The van der Waals surface area contributed by atoms with E-state index in [1.807, 2.05) is 0 Å². The molecule has 0 aliphatic carbocycles. The van der Waals surface area contributed by atoms with Crippen LogP contribution in [0.25, 0.3) is 0 Å². The second kappa shape index (κ2) is 6.59. The lowest BCUT2D eigenvalue weighted by atomic mass is 9.80. The first-order chi connectivity index (χ1) is 9.47. The standard InChI is InChI=1S/C16H26O4/c1-10(2)14-6-4-12(16(18)20-14)8-11(3)13-5-7-15(17)19-9-13/h10-14H,4-9H2,1-3H3.